The molecule has 8 nitrogen and oxygen atoms in total. The minimum absolute atomic E-state index is 0.0552. The molecule has 0 aliphatic carbocycles. The van der Waals surface area contributed by atoms with Crippen molar-refractivity contribution in [1.29, 1.82) is 0 Å². The molecule has 2 amide bonds. The summed E-state index contributed by atoms with van der Waals surface area (Å²) in [4.78, 5) is 33.9. The Bertz CT molecular complexity index is 1220. The van der Waals surface area contributed by atoms with E-state index in [4.69, 9.17) is 16.3 Å². The van der Waals surface area contributed by atoms with Crippen molar-refractivity contribution in [2.24, 2.45) is 0 Å². The summed E-state index contributed by atoms with van der Waals surface area (Å²) < 4.78 is 6.92. The molecule has 4 rings (SSSR count). The lowest BCUT2D eigenvalue weighted by atomic mass is 10.2. The maximum atomic E-state index is 12.6. The van der Waals surface area contributed by atoms with Gasteiger partial charge in [0, 0.05) is 10.4 Å². The number of rotatable bonds is 5. The number of methoxy groups -OCH3 is 1. The number of nitrogens with one attached hydrogen (secondary N) is 2. The van der Waals surface area contributed by atoms with E-state index < -0.39 is 11.8 Å². The SMILES string of the molecule is COc1ccc(Cl)cc1C(=O)NNC(=O)Cn1c(-c2cscn2)nc2ccccc21. The second kappa shape index (κ2) is 8.52. The van der Waals surface area contributed by atoms with E-state index in [-0.39, 0.29) is 12.1 Å². The summed E-state index contributed by atoms with van der Waals surface area (Å²) in [6.07, 6.45) is 0. The van der Waals surface area contributed by atoms with Gasteiger partial charge in [-0.05, 0) is 30.3 Å². The van der Waals surface area contributed by atoms with Gasteiger partial charge in [-0.15, -0.1) is 11.3 Å². The number of fused-ring (bicyclic) bond motifs is 1. The summed E-state index contributed by atoms with van der Waals surface area (Å²) in [5, 5.41) is 2.24. The molecule has 10 heteroatoms. The molecular formula is C20H16ClN5O3S. The smallest absolute Gasteiger partial charge is 0.273 e. The number of para-hydroxylation sites is 2. The molecule has 2 aromatic heterocycles. The zero-order valence-electron chi connectivity index (χ0n) is 15.8. The van der Waals surface area contributed by atoms with E-state index in [0.29, 0.717) is 22.3 Å². The zero-order valence-corrected chi connectivity index (χ0v) is 17.3. The predicted molar refractivity (Wildman–Crippen MR) is 114 cm³/mol. The molecule has 152 valence electrons. The second-order valence-corrected chi connectivity index (χ2v) is 7.39. The highest BCUT2D eigenvalue weighted by molar-refractivity contribution is 7.07. The molecular weight excluding hydrogens is 426 g/mol. The predicted octanol–water partition coefficient (Wildman–Crippen LogP) is 3.28. The number of carbonyl (C=O) groups excluding carboxylic acids is 2. The Hall–Kier alpha value is -3.43. The summed E-state index contributed by atoms with van der Waals surface area (Å²) in [5.41, 5.74) is 8.95. The first-order valence-electron chi connectivity index (χ1n) is 8.83. The molecule has 0 atom stereocenters. The molecule has 0 aliphatic heterocycles. The lowest BCUT2D eigenvalue weighted by Gasteiger charge is -2.12. The third kappa shape index (κ3) is 3.98. The van der Waals surface area contributed by atoms with Gasteiger partial charge in [-0.1, -0.05) is 23.7 Å². The molecule has 2 aromatic carbocycles. The van der Waals surface area contributed by atoms with Crippen molar-refractivity contribution in [3.8, 4) is 17.3 Å². The van der Waals surface area contributed by atoms with E-state index >= 15 is 0 Å². The van der Waals surface area contributed by atoms with Gasteiger partial charge in [0.15, 0.2) is 5.82 Å². The summed E-state index contributed by atoms with van der Waals surface area (Å²) in [7, 11) is 1.45. The van der Waals surface area contributed by atoms with Crippen LogP contribution in [-0.4, -0.2) is 33.5 Å². The fourth-order valence-corrected chi connectivity index (χ4v) is 3.69. The maximum Gasteiger partial charge on any atom is 0.273 e. The van der Waals surface area contributed by atoms with E-state index in [9.17, 15) is 9.59 Å². The van der Waals surface area contributed by atoms with Crippen LogP contribution < -0.4 is 15.6 Å². The number of thiazole rings is 1. The number of nitrogens with zero attached hydrogens (tertiary/aromatic N) is 3. The number of hydrazine groups is 1. The summed E-state index contributed by atoms with van der Waals surface area (Å²) in [5.74, 6) is -0.0464. The Morgan fingerprint density at radius 3 is 2.80 bits per heavy atom. The first-order valence-corrected chi connectivity index (χ1v) is 10.2. The highest BCUT2D eigenvalue weighted by atomic mass is 35.5. The van der Waals surface area contributed by atoms with Gasteiger partial charge in [0.1, 0.15) is 18.0 Å². The minimum Gasteiger partial charge on any atom is -0.496 e. The van der Waals surface area contributed by atoms with Crippen molar-refractivity contribution in [3.05, 3.63) is 63.9 Å². The summed E-state index contributed by atoms with van der Waals surface area (Å²) in [6.45, 7) is -0.0552. The lowest BCUT2D eigenvalue weighted by Crippen LogP contribution is -2.43. The Balaban J connectivity index is 1.53. The van der Waals surface area contributed by atoms with Crippen molar-refractivity contribution in [2.45, 2.75) is 6.54 Å². The van der Waals surface area contributed by atoms with E-state index in [2.05, 4.69) is 20.8 Å². The quantitative estimate of drug-likeness (QED) is 0.463. The van der Waals surface area contributed by atoms with Crippen molar-refractivity contribution >= 4 is 45.8 Å². The van der Waals surface area contributed by atoms with Crippen molar-refractivity contribution in [2.75, 3.05) is 7.11 Å². The third-order valence-corrected chi connectivity index (χ3v) is 5.16. The number of halogens is 1. The van der Waals surface area contributed by atoms with Crippen molar-refractivity contribution in [3.63, 3.8) is 0 Å². The van der Waals surface area contributed by atoms with Gasteiger partial charge in [-0.25, -0.2) is 9.97 Å². The summed E-state index contributed by atoms with van der Waals surface area (Å²) >= 11 is 7.40. The van der Waals surface area contributed by atoms with Gasteiger partial charge in [0.05, 0.1) is 29.2 Å². The van der Waals surface area contributed by atoms with E-state index in [0.717, 1.165) is 11.0 Å². The Labute approximate surface area is 180 Å². The van der Waals surface area contributed by atoms with Crippen LogP contribution in [0, 0.1) is 0 Å². The van der Waals surface area contributed by atoms with Crippen LogP contribution in [0.2, 0.25) is 5.02 Å². The van der Waals surface area contributed by atoms with Gasteiger partial charge < -0.3 is 9.30 Å². The third-order valence-electron chi connectivity index (χ3n) is 4.34. The van der Waals surface area contributed by atoms with Crippen LogP contribution in [0.25, 0.3) is 22.6 Å². The number of carbonyl (C=O) groups is 2. The highest BCUT2D eigenvalue weighted by Crippen LogP contribution is 2.25. The van der Waals surface area contributed by atoms with Gasteiger partial charge in [-0.2, -0.15) is 0 Å². The number of benzene rings is 2. The standard InChI is InChI=1S/C20H16ClN5O3S/c1-29-17-7-6-12(21)8-13(17)20(28)25-24-18(27)9-26-16-5-3-2-4-14(16)23-19(26)15-10-30-11-22-15/h2-8,10-11H,9H2,1H3,(H,24,27)(H,25,28). The normalized spacial score (nSPS) is 10.7. The summed E-state index contributed by atoms with van der Waals surface area (Å²) in [6, 6.07) is 12.1. The topological polar surface area (TPSA) is 98.1 Å². The maximum absolute atomic E-state index is 12.6. The largest absolute Gasteiger partial charge is 0.496 e. The van der Waals surface area contributed by atoms with Crippen LogP contribution >= 0.6 is 22.9 Å². The van der Waals surface area contributed by atoms with Gasteiger partial charge in [0.25, 0.3) is 11.8 Å². The van der Waals surface area contributed by atoms with Crippen molar-refractivity contribution < 1.29 is 14.3 Å². The Kier molecular flexibility index (Phi) is 5.64. The van der Waals surface area contributed by atoms with Gasteiger partial charge in [-0.3, -0.25) is 20.4 Å². The van der Waals surface area contributed by atoms with Gasteiger partial charge >= 0.3 is 0 Å². The first kappa shape index (κ1) is 19.9. The number of ether oxygens (including phenoxy) is 1. The lowest BCUT2D eigenvalue weighted by molar-refractivity contribution is -0.122. The Morgan fingerprint density at radius 1 is 1.20 bits per heavy atom. The van der Waals surface area contributed by atoms with Crippen LogP contribution in [0.3, 0.4) is 0 Å². The number of aromatic nitrogens is 3. The first-order chi connectivity index (χ1) is 14.6. The van der Waals surface area contributed by atoms with E-state index in [1.165, 1.54) is 24.5 Å². The molecule has 0 aliphatic rings. The average Bonchev–Trinajstić information content (AvgIpc) is 3.40. The highest BCUT2D eigenvalue weighted by Gasteiger charge is 2.18. The van der Waals surface area contributed by atoms with Gasteiger partial charge in [0.2, 0.25) is 0 Å². The molecule has 2 heterocycles. The molecule has 0 bridgehead atoms. The monoisotopic (exact) mass is 441 g/mol. The fraction of sp³-hybridized carbons (Fsp3) is 0.100. The molecule has 0 spiro atoms. The molecule has 0 radical (unpaired) electrons. The van der Waals surface area contributed by atoms with E-state index in [1.54, 1.807) is 22.2 Å². The van der Waals surface area contributed by atoms with E-state index in [1.807, 2.05) is 29.6 Å². The fourth-order valence-electron chi connectivity index (χ4n) is 2.99. The van der Waals surface area contributed by atoms with Crippen LogP contribution in [0.5, 0.6) is 5.75 Å². The second-order valence-electron chi connectivity index (χ2n) is 6.23. The van der Waals surface area contributed by atoms with Crippen LogP contribution in [0.1, 0.15) is 10.4 Å². The molecule has 0 fully saturated rings. The average molecular weight is 442 g/mol. The number of hydrogen-bond acceptors (Lipinski definition) is 6. The number of amides is 2. The number of hydrogen-bond donors (Lipinski definition) is 2. The molecule has 0 saturated carbocycles. The number of imidazole rings is 1. The Morgan fingerprint density at radius 2 is 2.03 bits per heavy atom. The van der Waals surface area contributed by atoms with Crippen LogP contribution in [0.15, 0.2) is 53.4 Å². The molecule has 0 saturated heterocycles. The molecule has 2 N–H and O–H groups in total. The van der Waals surface area contributed by atoms with Crippen LogP contribution in [-0.2, 0) is 11.3 Å². The zero-order chi connectivity index (χ0) is 21.1. The molecule has 30 heavy (non-hydrogen) atoms. The van der Waals surface area contributed by atoms with Crippen LogP contribution in [0.4, 0.5) is 0 Å². The molecule has 0 unspecified atom stereocenters. The van der Waals surface area contributed by atoms with Crippen molar-refractivity contribution in [1.82, 2.24) is 25.4 Å². The molecule has 4 aromatic rings. The minimum atomic E-state index is -0.544.